The Balaban J connectivity index is 1.51. The van der Waals surface area contributed by atoms with E-state index in [9.17, 15) is 13.2 Å². The summed E-state index contributed by atoms with van der Waals surface area (Å²) < 4.78 is 37.3. The van der Waals surface area contributed by atoms with Gasteiger partial charge in [0.25, 0.3) is 15.9 Å². The summed E-state index contributed by atoms with van der Waals surface area (Å²) in [6.45, 7) is 2.45. The van der Waals surface area contributed by atoms with Crippen LogP contribution in [0.3, 0.4) is 0 Å². The molecule has 44 heavy (non-hydrogen) atoms. The fourth-order valence-electron chi connectivity index (χ4n) is 5.05. The van der Waals surface area contributed by atoms with Crippen molar-refractivity contribution in [3.8, 4) is 5.75 Å². The number of rotatable bonds is 10. The van der Waals surface area contributed by atoms with Gasteiger partial charge >= 0.3 is 0 Å². The summed E-state index contributed by atoms with van der Waals surface area (Å²) in [5, 5.41) is 2.98. The van der Waals surface area contributed by atoms with Gasteiger partial charge < -0.3 is 14.6 Å². The van der Waals surface area contributed by atoms with Crippen LogP contribution in [0.5, 0.6) is 5.75 Å². The summed E-state index contributed by atoms with van der Waals surface area (Å²) in [6.07, 6.45) is 0.607. The number of para-hydroxylation sites is 2. The summed E-state index contributed by atoms with van der Waals surface area (Å²) in [4.78, 5) is 23.8. The van der Waals surface area contributed by atoms with Gasteiger partial charge in [-0.05, 0) is 60.9 Å². The molecule has 0 aliphatic carbocycles. The predicted molar refractivity (Wildman–Crippen MR) is 172 cm³/mol. The number of benzene rings is 4. The van der Waals surface area contributed by atoms with Gasteiger partial charge in [-0.2, -0.15) is 0 Å². The fraction of sp³-hybridized carbons (Fsp3) is 0.147. The molecule has 6 aromatic rings. The summed E-state index contributed by atoms with van der Waals surface area (Å²) >= 11 is 0. The highest BCUT2D eigenvalue weighted by molar-refractivity contribution is 7.92. The van der Waals surface area contributed by atoms with Gasteiger partial charge in [-0.15, -0.1) is 0 Å². The monoisotopic (exact) mass is 605 g/mol. The fourth-order valence-corrected chi connectivity index (χ4v) is 6.12. The Kier molecular flexibility index (Phi) is 7.99. The number of nitrogens with zero attached hydrogens (tertiary/aromatic N) is 3. The zero-order chi connectivity index (χ0) is 30.7. The van der Waals surface area contributed by atoms with Crippen molar-refractivity contribution in [2.75, 3.05) is 18.4 Å². The Bertz CT molecular complexity index is 2060. The molecule has 222 valence electrons. The van der Waals surface area contributed by atoms with E-state index in [-0.39, 0.29) is 22.8 Å². The van der Waals surface area contributed by atoms with Crippen LogP contribution in [-0.4, -0.2) is 42.5 Å². The number of fused-ring (bicyclic) bond motifs is 2. The van der Waals surface area contributed by atoms with E-state index >= 15 is 0 Å². The quantitative estimate of drug-likeness (QED) is 0.206. The molecule has 0 spiro atoms. The van der Waals surface area contributed by atoms with Gasteiger partial charge in [0, 0.05) is 6.54 Å². The van der Waals surface area contributed by atoms with Crippen LogP contribution in [0.2, 0.25) is 0 Å². The maximum Gasteiger partial charge on any atom is 0.263 e. The molecule has 10 heteroatoms. The molecule has 0 radical (unpaired) electrons. The average molecular weight is 606 g/mol. The number of ether oxygens (including phenoxy) is 1. The van der Waals surface area contributed by atoms with Crippen LogP contribution in [0.4, 0.5) is 5.82 Å². The highest BCUT2D eigenvalue weighted by atomic mass is 32.2. The standard InChI is InChI=1S/C34H31N5O4S/c1-23-12-18-27(19-13-23)44(41,42)38-32-30(34(40)35-21-20-24-8-4-3-5-9-24)31-33(37-29-11-7-6-10-28(29)36-31)39(32)22-25-14-16-26(43-2)17-15-25/h3-19,38H,20-22H2,1-2H3,(H,35,40). The summed E-state index contributed by atoms with van der Waals surface area (Å²) in [5.74, 6) is 0.324. The van der Waals surface area contributed by atoms with Gasteiger partial charge in [-0.3, -0.25) is 9.52 Å². The van der Waals surface area contributed by atoms with E-state index in [0.29, 0.717) is 40.9 Å². The van der Waals surface area contributed by atoms with Crippen LogP contribution in [0, 0.1) is 6.92 Å². The molecule has 4 aromatic carbocycles. The van der Waals surface area contributed by atoms with Gasteiger partial charge in [0.1, 0.15) is 22.6 Å². The minimum atomic E-state index is -4.10. The van der Waals surface area contributed by atoms with Crippen LogP contribution in [-0.2, 0) is 23.0 Å². The summed E-state index contributed by atoms with van der Waals surface area (Å²) in [7, 11) is -2.50. The minimum Gasteiger partial charge on any atom is -0.497 e. The van der Waals surface area contributed by atoms with Crippen molar-refractivity contribution in [1.82, 2.24) is 19.9 Å². The van der Waals surface area contributed by atoms with Gasteiger partial charge in [-0.1, -0.05) is 72.3 Å². The number of aromatic nitrogens is 3. The normalized spacial score (nSPS) is 11.5. The summed E-state index contributed by atoms with van der Waals surface area (Å²) in [6, 6.07) is 31.1. The van der Waals surface area contributed by atoms with Crippen molar-refractivity contribution in [3.05, 3.63) is 125 Å². The lowest BCUT2D eigenvalue weighted by Gasteiger charge is -2.15. The highest BCUT2D eigenvalue weighted by Crippen LogP contribution is 2.33. The number of hydrogen-bond acceptors (Lipinski definition) is 6. The average Bonchev–Trinajstić information content (AvgIpc) is 3.31. The smallest absolute Gasteiger partial charge is 0.263 e. The zero-order valence-corrected chi connectivity index (χ0v) is 25.1. The molecule has 0 aliphatic heterocycles. The molecular formula is C34H31N5O4S. The van der Waals surface area contributed by atoms with E-state index in [1.165, 1.54) is 0 Å². The second kappa shape index (κ2) is 12.2. The van der Waals surface area contributed by atoms with E-state index in [2.05, 4.69) is 10.0 Å². The molecule has 0 saturated heterocycles. The highest BCUT2D eigenvalue weighted by Gasteiger charge is 2.29. The SMILES string of the molecule is COc1ccc(Cn2c(NS(=O)(=O)c3ccc(C)cc3)c(C(=O)NCCc3ccccc3)c3nc4ccccc4nc32)cc1. The number of amides is 1. The van der Waals surface area contributed by atoms with Crippen LogP contribution in [0.15, 0.2) is 108 Å². The van der Waals surface area contributed by atoms with Crippen molar-refractivity contribution in [2.24, 2.45) is 0 Å². The third-order valence-corrected chi connectivity index (χ3v) is 8.74. The first-order valence-electron chi connectivity index (χ1n) is 14.2. The van der Waals surface area contributed by atoms with E-state index in [1.54, 1.807) is 35.9 Å². The second-order valence-corrected chi connectivity index (χ2v) is 12.1. The molecule has 2 aromatic heterocycles. The van der Waals surface area contributed by atoms with Gasteiger partial charge in [0.2, 0.25) is 0 Å². The first-order valence-corrected chi connectivity index (χ1v) is 15.6. The molecule has 0 bridgehead atoms. The van der Waals surface area contributed by atoms with Crippen LogP contribution >= 0.6 is 0 Å². The molecule has 9 nitrogen and oxygen atoms in total. The maximum absolute atomic E-state index is 14.0. The van der Waals surface area contributed by atoms with Gasteiger partial charge in [-0.25, -0.2) is 18.4 Å². The largest absolute Gasteiger partial charge is 0.497 e. The topological polar surface area (TPSA) is 115 Å². The number of anilines is 1. The molecular weight excluding hydrogens is 574 g/mol. The Morgan fingerprint density at radius 1 is 0.818 bits per heavy atom. The Morgan fingerprint density at radius 3 is 2.16 bits per heavy atom. The zero-order valence-electron chi connectivity index (χ0n) is 24.3. The molecule has 0 aliphatic rings. The van der Waals surface area contributed by atoms with E-state index in [1.807, 2.05) is 85.8 Å². The van der Waals surface area contributed by atoms with Gasteiger partial charge in [0.05, 0.1) is 29.6 Å². The van der Waals surface area contributed by atoms with E-state index in [0.717, 1.165) is 16.7 Å². The Hall–Kier alpha value is -5.22. The molecule has 0 saturated carbocycles. The van der Waals surface area contributed by atoms with Crippen LogP contribution in [0.25, 0.3) is 22.2 Å². The number of aryl methyl sites for hydroxylation is 1. The lowest BCUT2D eigenvalue weighted by atomic mass is 10.1. The molecule has 2 heterocycles. The molecule has 0 unspecified atom stereocenters. The van der Waals surface area contributed by atoms with E-state index < -0.39 is 15.9 Å². The minimum absolute atomic E-state index is 0.0749. The lowest BCUT2D eigenvalue weighted by Crippen LogP contribution is -2.27. The predicted octanol–water partition coefficient (Wildman–Crippen LogP) is 5.72. The van der Waals surface area contributed by atoms with Gasteiger partial charge in [0.15, 0.2) is 5.65 Å². The van der Waals surface area contributed by atoms with Crippen molar-refractivity contribution in [2.45, 2.75) is 24.8 Å². The van der Waals surface area contributed by atoms with Crippen LogP contribution < -0.4 is 14.8 Å². The van der Waals surface area contributed by atoms with Crippen molar-refractivity contribution in [3.63, 3.8) is 0 Å². The Labute approximate surface area is 255 Å². The number of nitrogens with one attached hydrogen (secondary N) is 2. The molecule has 0 fully saturated rings. The third kappa shape index (κ3) is 5.97. The number of hydrogen-bond donors (Lipinski definition) is 2. The second-order valence-electron chi connectivity index (χ2n) is 10.5. The van der Waals surface area contributed by atoms with Crippen LogP contribution in [0.1, 0.15) is 27.0 Å². The first-order chi connectivity index (χ1) is 21.3. The number of carbonyl (C=O) groups is 1. The number of methoxy groups -OCH3 is 1. The van der Waals surface area contributed by atoms with Crippen molar-refractivity contribution in [1.29, 1.82) is 0 Å². The number of sulfonamides is 1. The molecule has 2 N–H and O–H groups in total. The maximum atomic E-state index is 14.0. The first kappa shape index (κ1) is 28.9. The summed E-state index contributed by atoms with van der Waals surface area (Å²) in [5.41, 5.74) is 4.85. The van der Waals surface area contributed by atoms with Crippen molar-refractivity contribution >= 4 is 43.9 Å². The van der Waals surface area contributed by atoms with E-state index in [4.69, 9.17) is 14.7 Å². The molecule has 1 amide bonds. The van der Waals surface area contributed by atoms with Crippen molar-refractivity contribution < 1.29 is 17.9 Å². The third-order valence-electron chi connectivity index (χ3n) is 7.38. The Morgan fingerprint density at radius 2 is 1.48 bits per heavy atom. The molecule has 0 atom stereocenters. The lowest BCUT2D eigenvalue weighted by molar-refractivity contribution is 0.0956. The molecule has 6 rings (SSSR count). The number of carbonyl (C=O) groups excluding carboxylic acids is 1.